The largest absolute Gasteiger partial charge is 0.369 e. The van der Waals surface area contributed by atoms with Crippen molar-refractivity contribution in [2.24, 2.45) is 17.6 Å². The highest BCUT2D eigenvalue weighted by Gasteiger charge is 2.39. The van der Waals surface area contributed by atoms with E-state index in [1.165, 1.54) is 6.07 Å². The molecule has 1 saturated carbocycles. The van der Waals surface area contributed by atoms with Crippen LogP contribution < -0.4 is 11.1 Å². The predicted octanol–water partition coefficient (Wildman–Crippen LogP) is 3.70. The minimum absolute atomic E-state index is 0.345. The topological polar surface area (TPSA) is 55.1 Å². The first-order valence-corrected chi connectivity index (χ1v) is 7.77. The number of para-hydroxylation sites is 1. The third-order valence-corrected chi connectivity index (χ3v) is 4.78. The number of primary amides is 1. The highest BCUT2D eigenvalue weighted by atomic mass is 19.1. The van der Waals surface area contributed by atoms with E-state index in [1.807, 2.05) is 0 Å². The standard InChI is InChI=1S/C17H25FN2O/c1-12(2)13-6-5-10-17(11-9-13,16(19)21)20-15-8-4-3-7-14(15)18/h3-4,7-8,12-13,20H,5-6,9-11H2,1-2H3,(H2,19,21). The second-order valence-electron chi connectivity index (χ2n) is 6.49. The molecule has 0 spiro atoms. The Morgan fingerprint density at radius 2 is 2.05 bits per heavy atom. The van der Waals surface area contributed by atoms with Crippen LogP contribution >= 0.6 is 0 Å². The van der Waals surface area contributed by atoms with Gasteiger partial charge >= 0.3 is 0 Å². The molecule has 2 atom stereocenters. The highest BCUT2D eigenvalue weighted by Crippen LogP contribution is 2.36. The maximum absolute atomic E-state index is 13.9. The predicted molar refractivity (Wildman–Crippen MR) is 83.4 cm³/mol. The molecule has 0 aliphatic heterocycles. The summed E-state index contributed by atoms with van der Waals surface area (Å²) in [5, 5.41) is 3.11. The minimum Gasteiger partial charge on any atom is -0.369 e. The Balaban J connectivity index is 2.21. The normalized spacial score (nSPS) is 26.4. The van der Waals surface area contributed by atoms with Gasteiger partial charge < -0.3 is 11.1 Å². The summed E-state index contributed by atoms with van der Waals surface area (Å²) in [6.07, 6.45) is 4.32. The fraction of sp³-hybridized carbons (Fsp3) is 0.588. The third kappa shape index (κ3) is 3.55. The van der Waals surface area contributed by atoms with E-state index in [4.69, 9.17) is 5.73 Å². The lowest BCUT2D eigenvalue weighted by molar-refractivity contribution is -0.122. The molecule has 0 aromatic heterocycles. The van der Waals surface area contributed by atoms with Gasteiger partial charge in [0.15, 0.2) is 0 Å². The number of nitrogens with one attached hydrogen (secondary N) is 1. The van der Waals surface area contributed by atoms with Crippen molar-refractivity contribution in [1.82, 2.24) is 0 Å². The zero-order valence-electron chi connectivity index (χ0n) is 12.9. The molecule has 3 N–H and O–H groups in total. The van der Waals surface area contributed by atoms with Crippen LogP contribution in [0.5, 0.6) is 0 Å². The van der Waals surface area contributed by atoms with Crippen molar-refractivity contribution in [3.05, 3.63) is 30.1 Å². The molecule has 3 nitrogen and oxygen atoms in total. The van der Waals surface area contributed by atoms with Crippen LogP contribution in [0.25, 0.3) is 0 Å². The Morgan fingerprint density at radius 1 is 1.33 bits per heavy atom. The molecule has 1 aliphatic carbocycles. The summed E-state index contributed by atoms with van der Waals surface area (Å²) in [5.74, 6) is 0.480. The zero-order chi connectivity index (χ0) is 15.5. The monoisotopic (exact) mass is 292 g/mol. The van der Waals surface area contributed by atoms with Crippen LogP contribution in [-0.2, 0) is 4.79 Å². The molecular weight excluding hydrogens is 267 g/mol. The summed E-state index contributed by atoms with van der Waals surface area (Å²) in [5.41, 5.74) is 5.20. The van der Waals surface area contributed by atoms with Gasteiger partial charge in [-0.05, 0) is 43.2 Å². The van der Waals surface area contributed by atoms with Gasteiger partial charge in [0, 0.05) is 0 Å². The van der Waals surface area contributed by atoms with Gasteiger partial charge in [-0.1, -0.05) is 38.8 Å². The molecule has 116 valence electrons. The molecule has 0 radical (unpaired) electrons. The van der Waals surface area contributed by atoms with Crippen molar-refractivity contribution in [3.63, 3.8) is 0 Å². The highest BCUT2D eigenvalue weighted by molar-refractivity contribution is 5.88. The first-order chi connectivity index (χ1) is 9.94. The first kappa shape index (κ1) is 15.8. The molecule has 4 heteroatoms. The lowest BCUT2D eigenvalue weighted by Crippen LogP contribution is -2.50. The molecule has 2 unspecified atom stereocenters. The van der Waals surface area contributed by atoms with Crippen LogP contribution in [0.15, 0.2) is 24.3 Å². The summed E-state index contributed by atoms with van der Waals surface area (Å²) in [6, 6.07) is 6.45. The second-order valence-corrected chi connectivity index (χ2v) is 6.49. The van der Waals surface area contributed by atoms with E-state index < -0.39 is 5.54 Å². The van der Waals surface area contributed by atoms with Crippen LogP contribution in [0.3, 0.4) is 0 Å². The van der Waals surface area contributed by atoms with Crippen molar-refractivity contribution in [2.75, 3.05) is 5.32 Å². The number of amides is 1. The maximum Gasteiger partial charge on any atom is 0.243 e. The van der Waals surface area contributed by atoms with Gasteiger partial charge in [-0.15, -0.1) is 0 Å². The molecule has 2 rings (SSSR count). The van der Waals surface area contributed by atoms with Gasteiger partial charge in [-0.3, -0.25) is 4.79 Å². The van der Waals surface area contributed by atoms with E-state index >= 15 is 0 Å². The van der Waals surface area contributed by atoms with E-state index in [1.54, 1.807) is 18.2 Å². The van der Waals surface area contributed by atoms with Crippen LogP contribution in [-0.4, -0.2) is 11.4 Å². The van der Waals surface area contributed by atoms with Crippen molar-refractivity contribution in [3.8, 4) is 0 Å². The summed E-state index contributed by atoms with van der Waals surface area (Å²) in [6.45, 7) is 4.43. The summed E-state index contributed by atoms with van der Waals surface area (Å²) >= 11 is 0. The SMILES string of the molecule is CC(C)C1CCCC(Nc2ccccc2F)(C(N)=O)CC1. The number of hydrogen-bond donors (Lipinski definition) is 2. The molecule has 1 aromatic rings. The van der Waals surface area contributed by atoms with Gasteiger partial charge in [-0.2, -0.15) is 0 Å². The van der Waals surface area contributed by atoms with Crippen LogP contribution in [0.2, 0.25) is 0 Å². The van der Waals surface area contributed by atoms with Crippen molar-refractivity contribution < 1.29 is 9.18 Å². The first-order valence-electron chi connectivity index (χ1n) is 7.77. The van der Waals surface area contributed by atoms with E-state index in [2.05, 4.69) is 19.2 Å². The van der Waals surface area contributed by atoms with Gasteiger partial charge in [0.25, 0.3) is 0 Å². The molecular formula is C17H25FN2O. The zero-order valence-corrected chi connectivity index (χ0v) is 12.9. The van der Waals surface area contributed by atoms with Crippen molar-refractivity contribution in [2.45, 2.75) is 51.5 Å². The molecule has 1 aromatic carbocycles. The molecule has 0 bridgehead atoms. The maximum atomic E-state index is 13.9. The fourth-order valence-corrected chi connectivity index (χ4v) is 3.29. The Bertz CT molecular complexity index is 503. The van der Waals surface area contributed by atoms with E-state index in [-0.39, 0.29) is 11.7 Å². The summed E-state index contributed by atoms with van der Waals surface area (Å²) < 4.78 is 13.9. The molecule has 21 heavy (non-hydrogen) atoms. The molecule has 0 saturated heterocycles. The Morgan fingerprint density at radius 3 is 2.67 bits per heavy atom. The molecule has 1 fully saturated rings. The number of carbonyl (C=O) groups is 1. The van der Waals surface area contributed by atoms with Crippen LogP contribution in [0.1, 0.15) is 46.0 Å². The molecule has 0 heterocycles. The number of benzene rings is 1. The average Bonchev–Trinajstić information content (AvgIpc) is 2.65. The van der Waals surface area contributed by atoms with E-state index in [0.29, 0.717) is 30.4 Å². The smallest absolute Gasteiger partial charge is 0.243 e. The number of rotatable bonds is 4. The third-order valence-electron chi connectivity index (χ3n) is 4.78. The number of nitrogens with two attached hydrogens (primary N) is 1. The Kier molecular flexibility index (Phi) is 4.86. The molecule has 1 amide bonds. The quantitative estimate of drug-likeness (QED) is 0.831. The summed E-state index contributed by atoms with van der Waals surface area (Å²) in [7, 11) is 0. The van der Waals surface area contributed by atoms with Gasteiger partial charge in [-0.25, -0.2) is 4.39 Å². The lowest BCUT2D eigenvalue weighted by Gasteiger charge is -2.32. The van der Waals surface area contributed by atoms with Gasteiger partial charge in [0.2, 0.25) is 5.91 Å². The van der Waals surface area contributed by atoms with E-state index in [0.717, 1.165) is 19.3 Å². The second kappa shape index (κ2) is 6.46. The summed E-state index contributed by atoms with van der Waals surface area (Å²) in [4.78, 5) is 12.1. The Hall–Kier alpha value is -1.58. The minimum atomic E-state index is -0.828. The number of anilines is 1. The number of hydrogen-bond acceptors (Lipinski definition) is 2. The lowest BCUT2D eigenvalue weighted by atomic mass is 9.86. The Labute approximate surface area is 126 Å². The number of carbonyl (C=O) groups excluding carboxylic acids is 1. The van der Waals surface area contributed by atoms with Crippen molar-refractivity contribution in [1.29, 1.82) is 0 Å². The van der Waals surface area contributed by atoms with Gasteiger partial charge in [0.05, 0.1) is 5.69 Å². The van der Waals surface area contributed by atoms with Crippen LogP contribution in [0.4, 0.5) is 10.1 Å². The van der Waals surface area contributed by atoms with E-state index in [9.17, 15) is 9.18 Å². The van der Waals surface area contributed by atoms with Gasteiger partial charge in [0.1, 0.15) is 11.4 Å². The van der Waals surface area contributed by atoms with Crippen molar-refractivity contribution >= 4 is 11.6 Å². The fourth-order valence-electron chi connectivity index (χ4n) is 3.29. The average molecular weight is 292 g/mol. The molecule has 1 aliphatic rings. The number of halogens is 1. The van der Waals surface area contributed by atoms with Crippen LogP contribution in [0, 0.1) is 17.7 Å².